The maximum atomic E-state index is 12.6. The Morgan fingerprint density at radius 1 is 1.39 bits per heavy atom. The van der Waals surface area contributed by atoms with Gasteiger partial charge in [0.15, 0.2) is 0 Å². The van der Waals surface area contributed by atoms with Gasteiger partial charge in [0.2, 0.25) is 15.9 Å². The summed E-state index contributed by atoms with van der Waals surface area (Å²) in [5.41, 5.74) is 6.01. The molecule has 1 rings (SSSR count). The summed E-state index contributed by atoms with van der Waals surface area (Å²) in [5, 5.41) is 0. The van der Waals surface area contributed by atoms with Gasteiger partial charge < -0.3 is 10.6 Å². The molecule has 0 aromatic carbocycles. The number of nitrogens with two attached hydrogens (primary N) is 1. The summed E-state index contributed by atoms with van der Waals surface area (Å²) in [4.78, 5) is 14.2. The lowest BCUT2D eigenvalue weighted by Gasteiger charge is -2.28. The van der Waals surface area contributed by atoms with Crippen molar-refractivity contribution in [1.29, 1.82) is 0 Å². The zero-order valence-electron chi connectivity index (χ0n) is 14.7. The van der Waals surface area contributed by atoms with E-state index in [1.807, 2.05) is 6.92 Å². The van der Waals surface area contributed by atoms with Crippen molar-refractivity contribution in [2.75, 3.05) is 25.9 Å². The van der Waals surface area contributed by atoms with Gasteiger partial charge in [-0.2, -0.15) is 4.31 Å². The van der Waals surface area contributed by atoms with E-state index < -0.39 is 16.1 Å². The van der Waals surface area contributed by atoms with E-state index in [1.165, 1.54) is 4.31 Å². The van der Waals surface area contributed by atoms with Crippen molar-refractivity contribution in [1.82, 2.24) is 9.21 Å². The molecule has 0 spiro atoms. The number of hydrogen-bond donors (Lipinski definition) is 1. The second kappa shape index (κ2) is 9.81. The molecule has 138 valence electrons. The zero-order chi connectivity index (χ0) is 16.9. The first-order valence-corrected chi connectivity index (χ1v) is 9.81. The molecule has 1 heterocycles. The van der Waals surface area contributed by atoms with Gasteiger partial charge in [-0.1, -0.05) is 20.8 Å². The number of rotatable bonds is 8. The molecule has 2 N–H and O–H groups in total. The fraction of sp³-hybridized carbons (Fsp3) is 0.933. The lowest BCUT2D eigenvalue weighted by Crippen LogP contribution is -2.48. The first kappa shape index (κ1) is 22.6. The van der Waals surface area contributed by atoms with Crippen molar-refractivity contribution in [2.45, 2.75) is 58.5 Å². The van der Waals surface area contributed by atoms with Crippen LogP contribution < -0.4 is 5.73 Å². The molecule has 1 fully saturated rings. The van der Waals surface area contributed by atoms with Crippen LogP contribution in [-0.2, 0) is 14.8 Å². The lowest BCUT2D eigenvalue weighted by atomic mass is 10.0. The standard InChI is InChI=1S/C15H31N3O3S.ClH/c1-5-11-22(20,21)18-9-6-7-14(18)15(19)17(4)10-8-13(16)12(2)3;/h12-14H,5-11,16H2,1-4H3;1H. The molecule has 1 saturated heterocycles. The minimum Gasteiger partial charge on any atom is -0.344 e. The van der Waals surface area contributed by atoms with Crippen LogP contribution in [0, 0.1) is 5.92 Å². The van der Waals surface area contributed by atoms with Crippen LogP contribution in [0.25, 0.3) is 0 Å². The molecule has 1 amide bonds. The average molecular weight is 370 g/mol. The molecule has 6 nitrogen and oxygen atoms in total. The fourth-order valence-corrected chi connectivity index (χ4v) is 4.48. The molecule has 2 atom stereocenters. The van der Waals surface area contributed by atoms with Crippen LogP contribution in [0.1, 0.15) is 46.5 Å². The number of carbonyl (C=O) groups is 1. The van der Waals surface area contributed by atoms with E-state index in [2.05, 4.69) is 13.8 Å². The van der Waals surface area contributed by atoms with Crippen LogP contribution in [0.3, 0.4) is 0 Å². The minimum atomic E-state index is -3.32. The quantitative estimate of drug-likeness (QED) is 0.701. The molecule has 0 saturated carbocycles. The highest BCUT2D eigenvalue weighted by Crippen LogP contribution is 2.23. The van der Waals surface area contributed by atoms with Gasteiger partial charge in [0.05, 0.1) is 5.75 Å². The minimum absolute atomic E-state index is 0. The van der Waals surface area contributed by atoms with E-state index in [-0.39, 0.29) is 30.1 Å². The number of likely N-dealkylation sites (N-methyl/N-ethyl adjacent to an activating group) is 1. The topological polar surface area (TPSA) is 83.7 Å². The summed E-state index contributed by atoms with van der Waals surface area (Å²) < 4.78 is 25.9. The maximum absolute atomic E-state index is 12.6. The summed E-state index contributed by atoms with van der Waals surface area (Å²) in [6.07, 6.45) is 2.66. The average Bonchev–Trinajstić information content (AvgIpc) is 2.93. The van der Waals surface area contributed by atoms with Gasteiger partial charge >= 0.3 is 0 Å². The van der Waals surface area contributed by atoms with E-state index in [0.717, 1.165) is 12.8 Å². The number of carbonyl (C=O) groups excluding carboxylic acids is 1. The third kappa shape index (κ3) is 6.21. The van der Waals surface area contributed by atoms with E-state index in [4.69, 9.17) is 5.73 Å². The van der Waals surface area contributed by atoms with Crippen molar-refractivity contribution in [2.24, 2.45) is 11.7 Å². The maximum Gasteiger partial charge on any atom is 0.240 e. The first-order valence-electron chi connectivity index (χ1n) is 8.20. The van der Waals surface area contributed by atoms with Crippen LogP contribution in [-0.4, -0.2) is 61.5 Å². The Morgan fingerprint density at radius 2 is 2.00 bits per heavy atom. The SMILES string of the molecule is CCCS(=O)(=O)N1CCCC1C(=O)N(C)CCC(N)C(C)C.Cl. The number of nitrogens with zero attached hydrogens (tertiary/aromatic N) is 2. The zero-order valence-corrected chi connectivity index (χ0v) is 16.3. The first-order chi connectivity index (χ1) is 10.2. The predicted octanol–water partition coefficient (Wildman–Crippen LogP) is 1.44. The molecule has 23 heavy (non-hydrogen) atoms. The van der Waals surface area contributed by atoms with Crippen molar-refractivity contribution in [3.63, 3.8) is 0 Å². The largest absolute Gasteiger partial charge is 0.344 e. The van der Waals surface area contributed by atoms with Crippen LogP contribution in [0.2, 0.25) is 0 Å². The third-order valence-corrected chi connectivity index (χ3v) is 6.41. The summed E-state index contributed by atoms with van der Waals surface area (Å²) >= 11 is 0. The molecule has 0 aliphatic carbocycles. The molecule has 0 aromatic heterocycles. The number of amides is 1. The molecule has 0 aromatic rings. The number of halogens is 1. The van der Waals surface area contributed by atoms with Crippen LogP contribution in [0.4, 0.5) is 0 Å². The second-order valence-electron chi connectivity index (χ2n) is 6.54. The van der Waals surface area contributed by atoms with Gasteiger partial charge in [0, 0.05) is 26.2 Å². The highest BCUT2D eigenvalue weighted by molar-refractivity contribution is 7.89. The summed E-state index contributed by atoms with van der Waals surface area (Å²) in [7, 11) is -1.59. The highest BCUT2D eigenvalue weighted by Gasteiger charge is 2.39. The molecule has 8 heteroatoms. The lowest BCUT2D eigenvalue weighted by molar-refractivity contribution is -0.133. The van der Waals surface area contributed by atoms with E-state index >= 15 is 0 Å². The summed E-state index contributed by atoms with van der Waals surface area (Å²) in [6.45, 7) is 6.98. The molecular formula is C15H32ClN3O3S. The molecule has 0 bridgehead atoms. The van der Waals surface area contributed by atoms with Gasteiger partial charge in [-0.3, -0.25) is 4.79 Å². The van der Waals surface area contributed by atoms with E-state index in [1.54, 1.807) is 11.9 Å². The van der Waals surface area contributed by atoms with Crippen LogP contribution >= 0.6 is 12.4 Å². The normalized spacial score (nSPS) is 20.3. The van der Waals surface area contributed by atoms with Crippen LogP contribution in [0.15, 0.2) is 0 Å². The molecule has 2 unspecified atom stereocenters. The van der Waals surface area contributed by atoms with Gasteiger partial charge in [0.1, 0.15) is 6.04 Å². The molecule has 1 aliphatic rings. The predicted molar refractivity (Wildman–Crippen MR) is 96.1 cm³/mol. The Hall–Kier alpha value is -0.370. The second-order valence-corrected chi connectivity index (χ2v) is 8.58. The Bertz CT molecular complexity index is 471. The monoisotopic (exact) mass is 369 g/mol. The summed E-state index contributed by atoms with van der Waals surface area (Å²) in [6, 6.07) is -0.476. The summed E-state index contributed by atoms with van der Waals surface area (Å²) in [5.74, 6) is 0.378. The molecule has 1 aliphatic heterocycles. The van der Waals surface area contributed by atoms with Crippen molar-refractivity contribution in [3.8, 4) is 0 Å². The van der Waals surface area contributed by atoms with Crippen molar-refractivity contribution < 1.29 is 13.2 Å². The van der Waals surface area contributed by atoms with Gasteiger partial charge in [-0.25, -0.2) is 8.42 Å². The van der Waals surface area contributed by atoms with Gasteiger partial charge in [-0.05, 0) is 31.6 Å². The van der Waals surface area contributed by atoms with E-state index in [9.17, 15) is 13.2 Å². The van der Waals surface area contributed by atoms with E-state index in [0.29, 0.717) is 31.8 Å². The Morgan fingerprint density at radius 3 is 2.52 bits per heavy atom. The van der Waals surface area contributed by atoms with Crippen molar-refractivity contribution >= 4 is 28.3 Å². The third-order valence-electron chi connectivity index (χ3n) is 4.34. The fourth-order valence-electron chi connectivity index (χ4n) is 2.74. The van der Waals surface area contributed by atoms with Gasteiger partial charge in [0.25, 0.3) is 0 Å². The number of sulfonamides is 1. The Kier molecular flexibility index (Phi) is 9.65. The molecule has 0 radical (unpaired) electrons. The van der Waals surface area contributed by atoms with Crippen molar-refractivity contribution in [3.05, 3.63) is 0 Å². The smallest absolute Gasteiger partial charge is 0.240 e. The van der Waals surface area contributed by atoms with Gasteiger partial charge in [-0.15, -0.1) is 12.4 Å². The number of hydrogen-bond acceptors (Lipinski definition) is 4. The molecular weight excluding hydrogens is 338 g/mol. The highest BCUT2D eigenvalue weighted by atomic mass is 35.5. The van der Waals surface area contributed by atoms with Crippen LogP contribution in [0.5, 0.6) is 0 Å². The Labute approximate surface area is 147 Å². The Balaban J connectivity index is 0.00000484.